The van der Waals surface area contributed by atoms with Gasteiger partial charge in [0.15, 0.2) is 16.6 Å². The molecule has 6 nitrogen and oxygen atoms in total. The molecule has 1 fully saturated rings. The summed E-state index contributed by atoms with van der Waals surface area (Å²) in [4.78, 5) is 6.93. The fourth-order valence-electron chi connectivity index (χ4n) is 5.35. The van der Waals surface area contributed by atoms with Gasteiger partial charge in [-0.1, -0.05) is 25.1 Å². The maximum Gasteiger partial charge on any atom is 0.231 e. The molecule has 2 aromatic heterocycles. The fourth-order valence-corrected chi connectivity index (χ4v) is 5.70. The number of hydrogen-bond donors (Lipinski definition) is 1. The van der Waals surface area contributed by atoms with Crippen molar-refractivity contribution in [2.24, 2.45) is 0 Å². The van der Waals surface area contributed by atoms with Gasteiger partial charge in [0.25, 0.3) is 0 Å². The summed E-state index contributed by atoms with van der Waals surface area (Å²) in [5, 5.41) is 4.28. The minimum absolute atomic E-state index is 0.0613. The van der Waals surface area contributed by atoms with E-state index in [9.17, 15) is 0 Å². The molecular weight excluding hydrogens is 468 g/mol. The monoisotopic (exact) mass is 496 g/mol. The Bertz CT molecular complexity index is 1430. The predicted molar refractivity (Wildman–Crippen MR) is 145 cm³/mol. The van der Waals surface area contributed by atoms with Crippen molar-refractivity contribution in [3.8, 4) is 17.2 Å². The number of hydrogen-bond acceptors (Lipinski definition) is 4. The second-order valence-corrected chi connectivity index (χ2v) is 9.60. The van der Waals surface area contributed by atoms with Gasteiger partial charge in [-0.25, -0.2) is 0 Å². The van der Waals surface area contributed by atoms with Gasteiger partial charge in [-0.05, 0) is 86.1 Å². The van der Waals surface area contributed by atoms with Gasteiger partial charge in [-0.15, -0.1) is 0 Å². The maximum absolute atomic E-state index is 5.92. The van der Waals surface area contributed by atoms with Crippen LogP contribution in [-0.2, 0) is 6.42 Å². The summed E-state index contributed by atoms with van der Waals surface area (Å²) in [5.74, 6) is 1.55. The second-order valence-electron chi connectivity index (χ2n) is 9.22. The van der Waals surface area contributed by atoms with E-state index in [0.717, 1.165) is 46.4 Å². The Hall–Kier alpha value is -3.84. The molecule has 0 spiro atoms. The van der Waals surface area contributed by atoms with Crippen molar-refractivity contribution in [2.75, 3.05) is 11.7 Å². The Morgan fingerprint density at radius 1 is 0.972 bits per heavy atom. The molecule has 2 aliphatic rings. The molecule has 0 bridgehead atoms. The van der Waals surface area contributed by atoms with Gasteiger partial charge in [-0.3, -0.25) is 4.98 Å². The number of fused-ring (bicyclic) bond motifs is 1. The molecule has 1 saturated heterocycles. The van der Waals surface area contributed by atoms with Gasteiger partial charge in [0, 0.05) is 35.0 Å². The van der Waals surface area contributed by atoms with E-state index in [1.54, 1.807) is 0 Å². The van der Waals surface area contributed by atoms with Crippen LogP contribution in [0.15, 0.2) is 72.9 Å². The second kappa shape index (κ2) is 8.99. The standard InChI is InChI=1S/C29H28N4O2S/c1-4-20-8-10-21(11-9-20)33-28(27(31-29(33)36)24-7-5-6-14-30-24)23-15-18(2)32(19(23)3)22-12-13-25-26(16-22)35-17-34-25/h5-16,27-28H,4,17H2,1-3H3,(H,31,36)/t27-,28+/m0/s1. The summed E-state index contributed by atoms with van der Waals surface area (Å²) in [7, 11) is 0. The number of aromatic nitrogens is 2. The third-order valence-corrected chi connectivity index (χ3v) is 7.44. The fraction of sp³-hybridized carbons (Fsp3) is 0.241. The molecule has 182 valence electrons. The smallest absolute Gasteiger partial charge is 0.231 e. The van der Waals surface area contributed by atoms with Gasteiger partial charge in [0.05, 0.1) is 17.8 Å². The van der Waals surface area contributed by atoms with Gasteiger partial charge < -0.3 is 24.3 Å². The van der Waals surface area contributed by atoms with Crippen LogP contribution in [0, 0.1) is 13.8 Å². The highest BCUT2D eigenvalue weighted by Gasteiger charge is 2.42. The first-order valence-electron chi connectivity index (χ1n) is 12.2. The quantitative estimate of drug-likeness (QED) is 0.344. The summed E-state index contributed by atoms with van der Waals surface area (Å²) in [6.45, 7) is 6.73. The highest BCUT2D eigenvalue weighted by atomic mass is 32.1. The highest BCUT2D eigenvalue weighted by Crippen LogP contribution is 2.44. The third kappa shape index (κ3) is 3.71. The van der Waals surface area contributed by atoms with Gasteiger partial charge >= 0.3 is 0 Å². The third-order valence-electron chi connectivity index (χ3n) is 7.12. The van der Waals surface area contributed by atoms with E-state index < -0.39 is 0 Å². The summed E-state index contributed by atoms with van der Waals surface area (Å²) >= 11 is 5.92. The molecule has 4 aromatic rings. The first kappa shape index (κ1) is 22.6. The van der Waals surface area contributed by atoms with Crippen molar-refractivity contribution in [2.45, 2.75) is 39.3 Å². The number of anilines is 1. The summed E-state index contributed by atoms with van der Waals surface area (Å²) in [6.07, 6.45) is 2.84. The molecule has 0 aliphatic carbocycles. The molecule has 6 rings (SSSR count). The molecule has 0 saturated carbocycles. The topological polar surface area (TPSA) is 51.6 Å². The van der Waals surface area contributed by atoms with Crippen molar-refractivity contribution in [3.05, 3.63) is 101 Å². The Morgan fingerprint density at radius 2 is 1.75 bits per heavy atom. The van der Waals surface area contributed by atoms with E-state index >= 15 is 0 Å². The largest absolute Gasteiger partial charge is 0.454 e. The van der Waals surface area contributed by atoms with E-state index in [-0.39, 0.29) is 18.9 Å². The molecule has 4 heterocycles. The normalized spacial score (nSPS) is 18.5. The Kier molecular flexibility index (Phi) is 5.64. The van der Waals surface area contributed by atoms with Crippen LogP contribution in [0.5, 0.6) is 11.5 Å². The van der Waals surface area contributed by atoms with Crippen LogP contribution in [0.2, 0.25) is 0 Å². The minimum Gasteiger partial charge on any atom is -0.454 e. The number of nitrogens with one attached hydrogen (secondary N) is 1. The van der Waals surface area contributed by atoms with Crippen LogP contribution in [-0.4, -0.2) is 21.5 Å². The van der Waals surface area contributed by atoms with Crippen LogP contribution in [0.3, 0.4) is 0 Å². The molecule has 2 atom stereocenters. The maximum atomic E-state index is 5.92. The van der Waals surface area contributed by atoms with Crippen molar-refractivity contribution in [1.29, 1.82) is 0 Å². The van der Waals surface area contributed by atoms with Crippen molar-refractivity contribution < 1.29 is 9.47 Å². The summed E-state index contributed by atoms with van der Waals surface area (Å²) in [5.41, 5.74) is 7.87. The number of rotatable bonds is 5. The molecule has 1 N–H and O–H groups in total. The van der Waals surface area contributed by atoms with E-state index in [2.05, 4.69) is 78.0 Å². The van der Waals surface area contributed by atoms with Crippen LogP contribution >= 0.6 is 12.2 Å². The molecule has 0 amide bonds. The Balaban J connectivity index is 1.48. The van der Waals surface area contributed by atoms with Crippen molar-refractivity contribution in [1.82, 2.24) is 14.9 Å². The van der Waals surface area contributed by atoms with Crippen LogP contribution < -0.4 is 19.7 Å². The number of ether oxygens (including phenoxy) is 2. The number of pyridine rings is 1. The molecule has 0 radical (unpaired) electrons. The molecule has 2 aliphatic heterocycles. The Morgan fingerprint density at radius 3 is 2.50 bits per heavy atom. The first-order chi connectivity index (χ1) is 17.5. The SMILES string of the molecule is CCc1ccc(N2C(=S)N[C@@H](c3ccccn3)[C@H]2c2cc(C)n(-c3ccc4c(c3)OCO4)c2C)cc1. The average Bonchev–Trinajstić information content (AvgIpc) is 3.59. The van der Waals surface area contributed by atoms with Crippen LogP contribution in [0.25, 0.3) is 5.69 Å². The van der Waals surface area contributed by atoms with Crippen LogP contribution in [0.4, 0.5) is 5.69 Å². The van der Waals surface area contributed by atoms with Crippen LogP contribution in [0.1, 0.15) is 47.2 Å². The number of thiocarbonyl (C=S) groups is 1. The molecule has 7 heteroatoms. The Labute approximate surface area is 216 Å². The summed E-state index contributed by atoms with van der Waals surface area (Å²) in [6, 6.07) is 22.9. The van der Waals surface area contributed by atoms with Crippen molar-refractivity contribution >= 4 is 23.0 Å². The van der Waals surface area contributed by atoms with Gasteiger partial charge in [0.1, 0.15) is 0 Å². The lowest BCUT2D eigenvalue weighted by Gasteiger charge is -2.28. The number of aryl methyl sites for hydroxylation is 2. The minimum atomic E-state index is -0.0877. The van der Waals surface area contributed by atoms with Gasteiger partial charge in [0.2, 0.25) is 6.79 Å². The van der Waals surface area contributed by atoms with Crippen molar-refractivity contribution in [3.63, 3.8) is 0 Å². The van der Waals surface area contributed by atoms with Gasteiger partial charge in [-0.2, -0.15) is 0 Å². The molecule has 36 heavy (non-hydrogen) atoms. The van der Waals surface area contributed by atoms with E-state index in [0.29, 0.717) is 5.11 Å². The number of benzene rings is 2. The van der Waals surface area contributed by atoms with E-state index in [1.165, 1.54) is 11.1 Å². The molecule has 0 unspecified atom stereocenters. The lowest BCUT2D eigenvalue weighted by atomic mass is 9.96. The first-order valence-corrected chi connectivity index (χ1v) is 12.6. The van der Waals surface area contributed by atoms with E-state index in [4.69, 9.17) is 26.7 Å². The summed E-state index contributed by atoms with van der Waals surface area (Å²) < 4.78 is 13.4. The molecule has 2 aromatic carbocycles. The van der Waals surface area contributed by atoms with E-state index in [1.807, 2.05) is 30.5 Å². The zero-order valence-corrected chi connectivity index (χ0v) is 21.4. The zero-order chi connectivity index (χ0) is 24.8. The average molecular weight is 497 g/mol. The molecular formula is C29H28N4O2S. The highest BCUT2D eigenvalue weighted by molar-refractivity contribution is 7.80. The lowest BCUT2D eigenvalue weighted by molar-refractivity contribution is 0.174. The lowest BCUT2D eigenvalue weighted by Crippen LogP contribution is -2.29. The predicted octanol–water partition coefficient (Wildman–Crippen LogP) is 5.96. The zero-order valence-electron chi connectivity index (χ0n) is 20.6. The number of nitrogens with zero attached hydrogens (tertiary/aromatic N) is 3.